The Balaban J connectivity index is 1.56. The van der Waals surface area contributed by atoms with Gasteiger partial charge in [0.15, 0.2) is 5.96 Å². The minimum absolute atomic E-state index is 0.137. The predicted molar refractivity (Wildman–Crippen MR) is 119 cm³/mol. The van der Waals surface area contributed by atoms with Gasteiger partial charge in [0.05, 0.1) is 24.4 Å². The number of aliphatic imine (C=N–C) groups is 1. The molecule has 1 aliphatic heterocycles. The number of hydrogen-bond acceptors (Lipinski definition) is 5. The first kappa shape index (κ1) is 22.3. The van der Waals surface area contributed by atoms with E-state index < -0.39 is 0 Å². The number of nitrogens with zero attached hydrogens (tertiary/aromatic N) is 4. The molecule has 1 saturated heterocycles. The van der Waals surface area contributed by atoms with Crippen LogP contribution < -0.4 is 5.32 Å². The summed E-state index contributed by atoms with van der Waals surface area (Å²) in [5.74, 6) is 0.981. The normalized spacial score (nSPS) is 16.1. The Bertz CT molecular complexity index is 790. The zero-order chi connectivity index (χ0) is 21.4. The van der Waals surface area contributed by atoms with Crippen molar-refractivity contribution in [1.29, 1.82) is 0 Å². The van der Waals surface area contributed by atoms with Crippen molar-refractivity contribution in [3.05, 3.63) is 53.4 Å². The average molecular weight is 414 g/mol. The van der Waals surface area contributed by atoms with Gasteiger partial charge in [-0.05, 0) is 38.8 Å². The molecule has 7 nitrogen and oxygen atoms in total. The van der Waals surface area contributed by atoms with Gasteiger partial charge in [0.2, 0.25) is 0 Å². The first-order valence-electron chi connectivity index (χ1n) is 10.8. The summed E-state index contributed by atoms with van der Waals surface area (Å²) in [4.78, 5) is 9.64. The molecule has 0 atom stereocenters. The van der Waals surface area contributed by atoms with Crippen molar-refractivity contribution in [2.75, 3.05) is 32.7 Å². The van der Waals surface area contributed by atoms with Crippen LogP contribution in [0.2, 0.25) is 0 Å². The van der Waals surface area contributed by atoms with Gasteiger partial charge in [-0.25, -0.2) is 4.99 Å². The molecule has 7 heteroatoms. The highest BCUT2D eigenvalue weighted by atomic mass is 16.5. The highest BCUT2D eigenvalue weighted by molar-refractivity contribution is 5.80. The summed E-state index contributed by atoms with van der Waals surface area (Å²) >= 11 is 0. The van der Waals surface area contributed by atoms with E-state index in [4.69, 9.17) is 14.3 Å². The number of piperazine rings is 1. The molecule has 0 aliphatic carbocycles. The molecule has 0 radical (unpaired) electrons. The first-order chi connectivity index (χ1) is 14.4. The minimum atomic E-state index is -0.137. The van der Waals surface area contributed by atoms with Crippen molar-refractivity contribution in [2.24, 2.45) is 4.99 Å². The molecule has 30 heavy (non-hydrogen) atoms. The van der Waals surface area contributed by atoms with Crippen LogP contribution in [0.5, 0.6) is 0 Å². The fraction of sp³-hybridized carbons (Fsp3) is 0.565. The molecule has 1 aromatic heterocycles. The second-order valence-electron chi connectivity index (χ2n) is 8.65. The maximum Gasteiger partial charge on any atom is 0.194 e. The summed E-state index contributed by atoms with van der Waals surface area (Å²) in [6.07, 6.45) is 1.63. The van der Waals surface area contributed by atoms with Crippen LogP contribution in [-0.2, 0) is 24.4 Å². The third kappa shape index (κ3) is 7.15. The minimum Gasteiger partial charge on any atom is -0.371 e. The van der Waals surface area contributed by atoms with Gasteiger partial charge in [-0.3, -0.25) is 4.90 Å². The lowest BCUT2D eigenvalue weighted by atomic mass is 10.1. The number of hydrogen-bond donors (Lipinski definition) is 1. The number of guanidine groups is 1. The Hall–Kier alpha value is -2.38. The van der Waals surface area contributed by atoms with Crippen molar-refractivity contribution >= 4 is 5.96 Å². The molecule has 164 valence electrons. The lowest BCUT2D eigenvalue weighted by Gasteiger charge is -2.36. The van der Waals surface area contributed by atoms with E-state index in [2.05, 4.69) is 72.2 Å². The zero-order valence-electron chi connectivity index (χ0n) is 18.7. The Morgan fingerprint density at radius 2 is 1.93 bits per heavy atom. The summed E-state index contributed by atoms with van der Waals surface area (Å²) in [6, 6.07) is 10.4. The summed E-state index contributed by atoms with van der Waals surface area (Å²) in [6.45, 7) is 15.2. The third-order valence-corrected chi connectivity index (χ3v) is 4.96. The van der Waals surface area contributed by atoms with Crippen molar-refractivity contribution < 1.29 is 9.26 Å². The molecule has 1 aliphatic rings. The highest BCUT2D eigenvalue weighted by Gasteiger charge is 2.20. The van der Waals surface area contributed by atoms with E-state index >= 15 is 0 Å². The molecule has 1 N–H and O–H groups in total. The number of ether oxygens (including phenoxy) is 1. The topological polar surface area (TPSA) is 66.1 Å². The van der Waals surface area contributed by atoms with Gasteiger partial charge in [0.1, 0.15) is 6.26 Å². The van der Waals surface area contributed by atoms with Crippen LogP contribution in [0.1, 0.15) is 44.5 Å². The van der Waals surface area contributed by atoms with Crippen LogP contribution in [0.3, 0.4) is 0 Å². The summed E-state index contributed by atoms with van der Waals surface area (Å²) in [5.41, 5.74) is 3.23. The van der Waals surface area contributed by atoms with Gasteiger partial charge in [-0.1, -0.05) is 29.4 Å². The van der Waals surface area contributed by atoms with Gasteiger partial charge in [-0.2, -0.15) is 0 Å². The van der Waals surface area contributed by atoms with E-state index in [0.29, 0.717) is 13.2 Å². The Morgan fingerprint density at radius 3 is 2.60 bits per heavy atom. The van der Waals surface area contributed by atoms with Crippen molar-refractivity contribution in [3.63, 3.8) is 0 Å². The summed E-state index contributed by atoms with van der Waals surface area (Å²) < 4.78 is 10.8. The molecule has 2 aromatic rings. The predicted octanol–water partition coefficient (Wildman–Crippen LogP) is 3.27. The van der Waals surface area contributed by atoms with Gasteiger partial charge >= 0.3 is 0 Å². The van der Waals surface area contributed by atoms with E-state index in [1.807, 2.05) is 6.07 Å². The van der Waals surface area contributed by atoms with Gasteiger partial charge < -0.3 is 19.5 Å². The molecule has 1 fully saturated rings. The number of nitrogens with one attached hydrogen (secondary N) is 1. The molecule has 0 saturated carbocycles. The summed E-state index contributed by atoms with van der Waals surface area (Å²) in [5, 5.41) is 7.46. The fourth-order valence-corrected chi connectivity index (χ4v) is 3.38. The molecular formula is C23H35N5O2. The Morgan fingerprint density at radius 1 is 1.17 bits per heavy atom. The molecule has 0 amide bonds. The molecule has 0 unspecified atom stereocenters. The molecule has 0 bridgehead atoms. The first-order valence-corrected chi connectivity index (χ1v) is 10.8. The Kier molecular flexibility index (Phi) is 7.87. The molecule has 3 rings (SSSR count). The van der Waals surface area contributed by atoms with Crippen molar-refractivity contribution in [2.45, 2.75) is 53.0 Å². The zero-order valence-corrected chi connectivity index (χ0v) is 18.7. The smallest absolute Gasteiger partial charge is 0.194 e. The second kappa shape index (κ2) is 10.6. The average Bonchev–Trinajstić information content (AvgIpc) is 3.23. The number of rotatable bonds is 7. The lowest BCUT2D eigenvalue weighted by molar-refractivity contribution is -0.0149. The lowest BCUT2D eigenvalue weighted by Crippen LogP contribution is -2.52. The van der Waals surface area contributed by atoms with Crippen LogP contribution in [0, 0.1) is 0 Å². The molecule has 0 spiro atoms. The molecular weight excluding hydrogens is 378 g/mol. The monoisotopic (exact) mass is 413 g/mol. The third-order valence-electron chi connectivity index (χ3n) is 4.96. The molecule has 2 heterocycles. The quantitative estimate of drug-likeness (QED) is 0.555. The number of benzene rings is 1. The van der Waals surface area contributed by atoms with Crippen molar-refractivity contribution in [1.82, 2.24) is 20.3 Å². The van der Waals surface area contributed by atoms with Crippen molar-refractivity contribution in [3.8, 4) is 0 Å². The van der Waals surface area contributed by atoms with Gasteiger partial charge in [0.25, 0.3) is 0 Å². The fourth-order valence-electron chi connectivity index (χ4n) is 3.38. The second-order valence-corrected chi connectivity index (χ2v) is 8.65. The highest BCUT2D eigenvalue weighted by Crippen LogP contribution is 2.14. The molecule has 1 aromatic carbocycles. The van der Waals surface area contributed by atoms with E-state index in [9.17, 15) is 0 Å². The standard InChI is InChI=1S/C23H35N5O2/c1-5-24-22(28-12-10-27(11-13-28)17-21-9-14-30-26-21)25-16-19-7-6-8-20(15-19)18-29-23(2,3)4/h6-9,14-15H,5,10-13,16-18H2,1-4H3,(H,24,25). The maximum absolute atomic E-state index is 5.91. The SMILES string of the molecule is CCNC(=NCc1cccc(COC(C)(C)C)c1)N1CCN(Cc2ccon2)CC1. The Labute approximate surface area is 180 Å². The van der Waals surface area contributed by atoms with Crippen LogP contribution >= 0.6 is 0 Å². The van der Waals surface area contributed by atoms with Crippen LogP contribution in [0.15, 0.2) is 46.1 Å². The van der Waals surface area contributed by atoms with E-state index in [-0.39, 0.29) is 5.60 Å². The maximum atomic E-state index is 5.91. The van der Waals surface area contributed by atoms with Crippen LogP contribution in [-0.4, -0.2) is 59.2 Å². The largest absolute Gasteiger partial charge is 0.371 e. The van der Waals surface area contributed by atoms with E-state index in [1.165, 1.54) is 11.1 Å². The van der Waals surface area contributed by atoms with Crippen LogP contribution in [0.25, 0.3) is 0 Å². The van der Waals surface area contributed by atoms with Gasteiger partial charge in [0, 0.05) is 45.3 Å². The van der Waals surface area contributed by atoms with E-state index in [0.717, 1.165) is 50.9 Å². The van der Waals surface area contributed by atoms with Crippen LogP contribution in [0.4, 0.5) is 0 Å². The number of aromatic nitrogens is 1. The van der Waals surface area contributed by atoms with Gasteiger partial charge in [-0.15, -0.1) is 0 Å². The summed E-state index contributed by atoms with van der Waals surface area (Å²) in [7, 11) is 0. The van der Waals surface area contributed by atoms with E-state index in [1.54, 1.807) is 6.26 Å².